The summed E-state index contributed by atoms with van der Waals surface area (Å²) in [6.45, 7) is 10.4. The fraction of sp³-hybridized carbons (Fsp3) is 0.370. The van der Waals surface area contributed by atoms with Gasteiger partial charge in [-0.25, -0.2) is 4.39 Å². The number of aromatic amines is 1. The first kappa shape index (κ1) is 23.2. The molecule has 1 aromatic heterocycles. The van der Waals surface area contributed by atoms with E-state index in [0.29, 0.717) is 36.2 Å². The molecule has 0 radical (unpaired) electrons. The summed E-state index contributed by atoms with van der Waals surface area (Å²) in [6.07, 6.45) is 0.319. The molecule has 8 heteroatoms. The Morgan fingerprint density at radius 1 is 1.34 bits per heavy atom. The normalized spacial score (nSPS) is 21.7. The standard InChI is InChI=1S/C27H31FN4O3/c1-6-30(4)12-13-31-16(2)32-25(17-8-7-9-18(33)14-17)24-19(15-27(32,3)26(31)34)22-20(29-24)10-11-21(35-5)23(22)28/h7-11,14,25,29,33H,2,6,12-13,15H2,1,3-5H3/t25-,27+/m1/s1. The third-order valence-electron chi connectivity index (χ3n) is 7.53. The fourth-order valence-corrected chi connectivity index (χ4v) is 5.55. The van der Waals surface area contributed by atoms with Crippen LogP contribution < -0.4 is 4.74 Å². The predicted molar refractivity (Wildman–Crippen MR) is 133 cm³/mol. The number of hydrogen-bond acceptors (Lipinski definition) is 5. The van der Waals surface area contributed by atoms with Crippen molar-refractivity contribution in [3.8, 4) is 11.5 Å². The Kier molecular flexibility index (Phi) is 5.51. The second-order valence-electron chi connectivity index (χ2n) is 9.61. The lowest BCUT2D eigenvalue weighted by atomic mass is 9.81. The number of benzene rings is 2. The molecule has 0 bridgehead atoms. The number of halogens is 1. The molecule has 2 aliphatic heterocycles. The Labute approximate surface area is 204 Å². The van der Waals surface area contributed by atoms with Crippen LogP contribution in [0.15, 0.2) is 48.8 Å². The van der Waals surface area contributed by atoms with Gasteiger partial charge in [-0.15, -0.1) is 0 Å². The number of aromatic nitrogens is 1. The number of carbonyl (C=O) groups excluding carboxylic acids is 1. The second kappa shape index (κ2) is 8.30. The van der Waals surface area contributed by atoms with Gasteiger partial charge < -0.3 is 24.6 Å². The van der Waals surface area contributed by atoms with Gasteiger partial charge in [0.15, 0.2) is 11.6 Å². The van der Waals surface area contributed by atoms with Gasteiger partial charge in [-0.2, -0.15) is 0 Å². The van der Waals surface area contributed by atoms with Crippen LogP contribution in [0.25, 0.3) is 10.9 Å². The van der Waals surface area contributed by atoms with Crippen molar-refractivity contribution in [1.29, 1.82) is 0 Å². The highest BCUT2D eigenvalue weighted by molar-refractivity contribution is 5.94. The zero-order chi connectivity index (χ0) is 25.1. The lowest BCUT2D eigenvalue weighted by molar-refractivity contribution is -0.133. The number of methoxy groups -OCH3 is 1. The summed E-state index contributed by atoms with van der Waals surface area (Å²) in [5, 5.41) is 10.7. The molecule has 2 N–H and O–H groups in total. The van der Waals surface area contributed by atoms with Crippen LogP contribution >= 0.6 is 0 Å². The van der Waals surface area contributed by atoms with Crippen LogP contribution in [-0.4, -0.2) is 70.0 Å². The number of ether oxygens (including phenoxy) is 1. The molecule has 3 heterocycles. The molecule has 2 aliphatic rings. The second-order valence-corrected chi connectivity index (χ2v) is 9.61. The number of rotatable bonds is 6. The average molecular weight is 479 g/mol. The van der Waals surface area contributed by atoms with Gasteiger partial charge in [0.1, 0.15) is 17.1 Å². The van der Waals surface area contributed by atoms with Gasteiger partial charge in [0.05, 0.1) is 13.2 Å². The molecule has 7 nitrogen and oxygen atoms in total. The molecule has 35 heavy (non-hydrogen) atoms. The summed E-state index contributed by atoms with van der Waals surface area (Å²) in [7, 11) is 3.46. The molecule has 1 amide bonds. The summed E-state index contributed by atoms with van der Waals surface area (Å²) < 4.78 is 20.8. The minimum atomic E-state index is -0.963. The monoisotopic (exact) mass is 478 g/mol. The van der Waals surface area contributed by atoms with Gasteiger partial charge in [-0.1, -0.05) is 25.6 Å². The van der Waals surface area contributed by atoms with Gasteiger partial charge in [0.2, 0.25) is 0 Å². The van der Waals surface area contributed by atoms with Crippen molar-refractivity contribution < 1.29 is 19.0 Å². The van der Waals surface area contributed by atoms with Crippen molar-refractivity contribution in [3.05, 3.63) is 71.4 Å². The summed E-state index contributed by atoms with van der Waals surface area (Å²) in [6, 6.07) is 9.92. The lowest BCUT2D eigenvalue weighted by Gasteiger charge is -2.44. The summed E-state index contributed by atoms with van der Waals surface area (Å²) in [5.74, 6) is 0.392. The van der Waals surface area contributed by atoms with Crippen molar-refractivity contribution in [2.24, 2.45) is 0 Å². The molecule has 2 aromatic carbocycles. The highest BCUT2D eigenvalue weighted by Gasteiger charge is 2.57. The number of aromatic hydroxyl groups is 1. The third-order valence-corrected chi connectivity index (χ3v) is 7.53. The lowest BCUT2D eigenvalue weighted by Crippen LogP contribution is -2.52. The van der Waals surface area contributed by atoms with Crippen LogP contribution in [0.3, 0.4) is 0 Å². The minimum absolute atomic E-state index is 0.0551. The van der Waals surface area contributed by atoms with Crippen molar-refractivity contribution in [1.82, 2.24) is 19.7 Å². The highest BCUT2D eigenvalue weighted by Crippen LogP contribution is 2.51. The number of fused-ring (bicyclic) bond motifs is 4. The van der Waals surface area contributed by atoms with E-state index in [2.05, 4.69) is 23.4 Å². The van der Waals surface area contributed by atoms with Gasteiger partial charge in [0.25, 0.3) is 5.91 Å². The summed E-state index contributed by atoms with van der Waals surface area (Å²) in [5.41, 5.74) is 2.00. The number of nitrogens with zero attached hydrogens (tertiary/aromatic N) is 3. The number of nitrogens with one attached hydrogen (secondary N) is 1. The van der Waals surface area contributed by atoms with Crippen molar-refractivity contribution in [2.75, 3.05) is 33.8 Å². The van der Waals surface area contributed by atoms with Crippen molar-refractivity contribution in [3.63, 3.8) is 0 Å². The van der Waals surface area contributed by atoms with Crippen LogP contribution in [0, 0.1) is 5.82 Å². The Balaban J connectivity index is 1.71. The van der Waals surface area contributed by atoms with E-state index in [9.17, 15) is 9.90 Å². The van der Waals surface area contributed by atoms with E-state index >= 15 is 4.39 Å². The minimum Gasteiger partial charge on any atom is -0.508 e. The Morgan fingerprint density at radius 2 is 2.11 bits per heavy atom. The van der Waals surface area contributed by atoms with E-state index in [0.717, 1.165) is 23.4 Å². The van der Waals surface area contributed by atoms with Crippen LogP contribution in [0.2, 0.25) is 0 Å². The van der Waals surface area contributed by atoms with Gasteiger partial charge in [-0.3, -0.25) is 9.69 Å². The Hall–Kier alpha value is -3.52. The zero-order valence-corrected chi connectivity index (χ0v) is 20.6. The number of amides is 1. The van der Waals surface area contributed by atoms with Gasteiger partial charge >= 0.3 is 0 Å². The number of likely N-dealkylation sites (N-methyl/N-ethyl adjacent to an activating group) is 1. The molecule has 5 rings (SSSR count). The van der Waals surface area contributed by atoms with Crippen molar-refractivity contribution >= 4 is 16.8 Å². The summed E-state index contributed by atoms with van der Waals surface area (Å²) in [4.78, 5) is 23.3. The fourth-order valence-electron chi connectivity index (χ4n) is 5.55. The van der Waals surface area contributed by atoms with E-state index in [4.69, 9.17) is 4.74 Å². The number of H-pyrrole nitrogens is 1. The first-order chi connectivity index (χ1) is 16.7. The van der Waals surface area contributed by atoms with Gasteiger partial charge in [0, 0.05) is 36.1 Å². The quantitative estimate of drug-likeness (QED) is 0.561. The molecule has 0 saturated carbocycles. The molecule has 0 aliphatic carbocycles. The number of phenolic OH excluding ortho intramolecular Hbond substituents is 1. The van der Waals surface area contributed by atoms with Crippen LogP contribution in [0.4, 0.5) is 4.39 Å². The molecule has 1 saturated heterocycles. The van der Waals surface area contributed by atoms with Crippen LogP contribution in [0.5, 0.6) is 11.5 Å². The molecular formula is C27H31FN4O3. The van der Waals surface area contributed by atoms with E-state index in [1.165, 1.54) is 7.11 Å². The smallest absolute Gasteiger partial charge is 0.254 e. The molecule has 1 fully saturated rings. The maximum atomic E-state index is 15.5. The summed E-state index contributed by atoms with van der Waals surface area (Å²) >= 11 is 0. The SMILES string of the molecule is C=C1N(CCN(C)CC)C(=O)[C@]2(C)Cc3c([nH]c4ccc(OC)c(F)c34)[C@@H](c3cccc(O)c3)N12. The Morgan fingerprint density at radius 3 is 2.80 bits per heavy atom. The number of carbonyl (C=O) groups is 1. The maximum Gasteiger partial charge on any atom is 0.254 e. The predicted octanol–water partition coefficient (Wildman–Crippen LogP) is 3.99. The van der Waals surface area contributed by atoms with Crippen molar-refractivity contribution in [2.45, 2.75) is 31.8 Å². The van der Waals surface area contributed by atoms with Gasteiger partial charge in [-0.05, 0) is 55.9 Å². The van der Waals surface area contributed by atoms with Crippen LogP contribution in [-0.2, 0) is 11.2 Å². The molecule has 0 unspecified atom stereocenters. The first-order valence-corrected chi connectivity index (χ1v) is 11.9. The molecular weight excluding hydrogens is 447 g/mol. The third kappa shape index (κ3) is 3.38. The molecule has 184 valence electrons. The molecule has 3 aromatic rings. The molecule has 2 atom stereocenters. The average Bonchev–Trinajstić information content (AvgIpc) is 3.29. The molecule has 0 spiro atoms. The zero-order valence-electron chi connectivity index (χ0n) is 20.6. The van der Waals surface area contributed by atoms with E-state index in [-0.39, 0.29) is 17.4 Å². The number of hydrogen-bond donors (Lipinski definition) is 2. The Bertz CT molecular complexity index is 1340. The largest absolute Gasteiger partial charge is 0.508 e. The highest BCUT2D eigenvalue weighted by atomic mass is 19.1. The number of phenols is 1. The van der Waals surface area contributed by atoms with E-state index < -0.39 is 17.4 Å². The van der Waals surface area contributed by atoms with E-state index in [1.807, 2.05) is 24.9 Å². The topological polar surface area (TPSA) is 72.0 Å². The maximum absolute atomic E-state index is 15.5. The van der Waals surface area contributed by atoms with E-state index in [1.54, 1.807) is 35.2 Å². The van der Waals surface area contributed by atoms with Crippen LogP contribution in [0.1, 0.15) is 36.7 Å². The first-order valence-electron chi connectivity index (χ1n) is 11.9.